The number of aliphatic hydroxyl groups is 1. The van der Waals surface area contributed by atoms with Gasteiger partial charge in [-0.15, -0.1) is 0 Å². The number of hydrogen-bond acceptors (Lipinski definition) is 8. The lowest BCUT2D eigenvalue weighted by atomic mass is 10.1. The molecule has 0 aromatic rings. The third-order valence-electron chi connectivity index (χ3n) is 4.91. The van der Waals surface area contributed by atoms with Crippen LogP contribution in [0.4, 0.5) is 0 Å². The molecule has 1 aliphatic heterocycles. The van der Waals surface area contributed by atoms with Crippen molar-refractivity contribution in [2.75, 3.05) is 6.54 Å². The van der Waals surface area contributed by atoms with Crippen LogP contribution in [0.2, 0.25) is 0 Å². The minimum absolute atomic E-state index is 0.107. The number of likely N-dealkylation sites (tertiary alicyclic amines) is 1. The van der Waals surface area contributed by atoms with Crippen LogP contribution in [0.1, 0.15) is 39.0 Å². The van der Waals surface area contributed by atoms with E-state index in [0.29, 0.717) is 6.42 Å². The first-order valence-electron chi connectivity index (χ1n) is 9.92. The maximum Gasteiger partial charge on any atom is 0.326 e. The van der Waals surface area contributed by atoms with Crippen LogP contribution in [-0.2, 0) is 28.8 Å². The molecule has 1 aliphatic rings. The third kappa shape index (κ3) is 7.77. The Kier molecular flexibility index (Phi) is 10.00. The maximum atomic E-state index is 13.0. The zero-order chi connectivity index (χ0) is 24.6. The second-order valence-corrected chi connectivity index (χ2v) is 7.53. The lowest BCUT2D eigenvalue weighted by molar-refractivity contribution is -0.146. The first-order valence-corrected chi connectivity index (χ1v) is 9.92. The molecule has 5 atom stereocenters. The standard InChI is InChI=1S/C18H29N5O9/c1-8(24)14(22-15(28)9(19)7-13(26)27)17(30)23-6-2-3-11(23)16(29)21-10(18(31)32)4-5-12(20)25/h8-11,14,24H,2-7,19H2,1H3,(H2,20,25)(H,21,29)(H,22,28)(H,26,27)(H,31,32). The number of carboxylic acid groups (broad SMARTS) is 2. The van der Waals surface area contributed by atoms with Gasteiger partial charge in [-0.05, 0) is 26.2 Å². The van der Waals surface area contributed by atoms with Crippen molar-refractivity contribution in [1.82, 2.24) is 15.5 Å². The summed E-state index contributed by atoms with van der Waals surface area (Å²) in [5.74, 6) is -5.99. The van der Waals surface area contributed by atoms with Crippen molar-refractivity contribution in [2.24, 2.45) is 11.5 Å². The van der Waals surface area contributed by atoms with Crippen molar-refractivity contribution < 1.29 is 44.1 Å². The molecule has 5 unspecified atom stereocenters. The van der Waals surface area contributed by atoms with Gasteiger partial charge in [-0.2, -0.15) is 0 Å². The van der Waals surface area contributed by atoms with Crippen LogP contribution in [0, 0.1) is 0 Å². The van der Waals surface area contributed by atoms with Gasteiger partial charge in [0.1, 0.15) is 18.1 Å². The highest BCUT2D eigenvalue weighted by Crippen LogP contribution is 2.20. The number of primary amides is 1. The van der Waals surface area contributed by atoms with Crippen LogP contribution < -0.4 is 22.1 Å². The Balaban J connectivity index is 2.91. The third-order valence-corrected chi connectivity index (χ3v) is 4.91. The van der Waals surface area contributed by atoms with Gasteiger partial charge in [0.25, 0.3) is 0 Å². The molecule has 1 rings (SSSR count). The molecule has 0 bridgehead atoms. The van der Waals surface area contributed by atoms with E-state index in [1.54, 1.807) is 0 Å². The zero-order valence-corrected chi connectivity index (χ0v) is 17.5. The topological polar surface area (TPSA) is 242 Å². The molecule has 1 heterocycles. The number of carbonyl (C=O) groups is 6. The number of amides is 4. The van der Waals surface area contributed by atoms with Crippen LogP contribution >= 0.6 is 0 Å². The Morgan fingerprint density at radius 3 is 2.25 bits per heavy atom. The molecule has 14 nitrogen and oxygen atoms in total. The lowest BCUT2D eigenvalue weighted by Gasteiger charge is -2.31. The Bertz CT molecular complexity index is 757. The number of nitrogens with zero attached hydrogens (tertiary/aromatic N) is 1. The van der Waals surface area contributed by atoms with E-state index in [9.17, 15) is 39.0 Å². The Morgan fingerprint density at radius 2 is 1.75 bits per heavy atom. The zero-order valence-electron chi connectivity index (χ0n) is 17.5. The second-order valence-electron chi connectivity index (χ2n) is 7.53. The number of aliphatic carboxylic acids is 2. The van der Waals surface area contributed by atoms with Gasteiger partial charge < -0.3 is 42.3 Å². The van der Waals surface area contributed by atoms with Gasteiger partial charge in [0.15, 0.2) is 0 Å². The van der Waals surface area contributed by atoms with E-state index in [2.05, 4.69) is 10.6 Å². The van der Waals surface area contributed by atoms with Gasteiger partial charge in [-0.3, -0.25) is 24.0 Å². The highest BCUT2D eigenvalue weighted by Gasteiger charge is 2.40. The average molecular weight is 459 g/mol. The predicted molar refractivity (Wildman–Crippen MR) is 107 cm³/mol. The normalized spacial score (nSPS) is 19.3. The number of carbonyl (C=O) groups excluding carboxylic acids is 4. The molecule has 0 spiro atoms. The highest BCUT2D eigenvalue weighted by atomic mass is 16.4. The predicted octanol–water partition coefficient (Wildman–Crippen LogP) is -3.52. The second kappa shape index (κ2) is 12.0. The summed E-state index contributed by atoms with van der Waals surface area (Å²) in [6.07, 6.45) is -1.97. The first-order chi connectivity index (χ1) is 14.8. The van der Waals surface area contributed by atoms with Gasteiger partial charge in [-0.25, -0.2) is 4.79 Å². The van der Waals surface area contributed by atoms with E-state index in [1.165, 1.54) is 6.92 Å². The summed E-state index contributed by atoms with van der Waals surface area (Å²) >= 11 is 0. The smallest absolute Gasteiger partial charge is 0.326 e. The minimum atomic E-state index is -1.50. The number of carboxylic acids is 2. The van der Waals surface area contributed by atoms with Gasteiger partial charge in [0, 0.05) is 13.0 Å². The summed E-state index contributed by atoms with van der Waals surface area (Å²) in [4.78, 5) is 71.8. The molecular weight excluding hydrogens is 430 g/mol. The Hall–Kier alpha value is -3.26. The molecule has 0 saturated carbocycles. The van der Waals surface area contributed by atoms with E-state index in [4.69, 9.17) is 16.6 Å². The van der Waals surface area contributed by atoms with E-state index in [-0.39, 0.29) is 25.8 Å². The van der Waals surface area contributed by atoms with Crippen molar-refractivity contribution in [3.63, 3.8) is 0 Å². The van der Waals surface area contributed by atoms with Gasteiger partial charge in [-0.1, -0.05) is 0 Å². The lowest BCUT2D eigenvalue weighted by Crippen LogP contribution is -2.59. The number of nitrogens with one attached hydrogen (secondary N) is 2. The minimum Gasteiger partial charge on any atom is -0.481 e. The average Bonchev–Trinajstić information content (AvgIpc) is 3.17. The largest absolute Gasteiger partial charge is 0.481 e. The summed E-state index contributed by atoms with van der Waals surface area (Å²) in [5.41, 5.74) is 10.5. The monoisotopic (exact) mass is 459 g/mol. The molecule has 32 heavy (non-hydrogen) atoms. The first kappa shape index (κ1) is 26.8. The van der Waals surface area contributed by atoms with Crippen LogP contribution in [-0.4, -0.2) is 92.6 Å². The van der Waals surface area contributed by atoms with E-state index < -0.39 is 72.3 Å². The molecule has 0 radical (unpaired) electrons. The molecular formula is C18H29N5O9. The molecule has 1 saturated heterocycles. The SMILES string of the molecule is CC(O)C(NC(=O)C(N)CC(=O)O)C(=O)N1CCCC1C(=O)NC(CCC(N)=O)C(=O)O. The van der Waals surface area contributed by atoms with Crippen molar-refractivity contribution in [2.45, 2.75) is 69.3 Å². The number of aliphatic hydroxyl groups excluding tert-OH is 1. The number of nitrogens with two attached hydrogens (primary N) is 2. The summed E-state index contributed by atoms with van der Waals surface area (Å²) in [6, 6.07) is -5.42. The number of hydrogen-bond donors (Lipinski definition) is 7. The highest BCUT2D eigenvalue weighted by molar-refractivity contribution is 5.95. The van der Waals surface area contributed by atoms with Gasteiger partial charge in [0.2, 0.25) is 23.6 Å². The van der Waals surface area contributed by atoms with Crippen molar-refractivity contribution in [1.29, 1.82) is 0 Å². The molecule has 0 aromatic heterocycles. The summed E-state index contributed by atoms with van der Waals surface area (Å²) in [7, 11) is 0. The van der Waals surface area contributed by atoms with Crippen molar-refractivity contribution >= 4 is 35.6 Å². The molecule has 1 fully saturated rings. The Labute approximate surface area is 183 Å². The Morgan fingerprint density at radius 1 is 1.12 bits per heavy atom. The van der Waals surface area contributed by atoms with Crippen LogP contribution in [0.3, 0.4) is 0 Å². The summed E-state index contributed by atoms with van der Waals surface area (Å²) in [5, 5.41) is 32.4. The van der Waals surface area contributed by atoms with Crippen LogP contribution in [0.25, 0.3) is 0 Å². The molecule has 0 aliphatic carbocycles. The van der Waals surface area contributed by atoms with Gasteiger partial charge in [0.05, 0.1) is 18.6 Å². The molecule has 4 amide bonds. The summed E-state index contributed by atoms with van der Waals surface area (Å²) < 4.78 is 0. The quantitative estimate of drug-likeness (QED) is 0.152. The fourth-order valence-corrected chi connectivity index (χ4v) is 3.22. The van der Waals surface area contributed by atoms with Crippen molar-refractivity contribution in [3.05, 3.63) is 0 Å². The van der Waals surface area contributed by atoms with Crippen LogP contribution in [0.15, 0.2) is 0 Å². The summed E-state index contributed by atoms with van der Waals surface area (Å²) in [6.45, 7) is 1.33. The van der Waals surface area contributed by atoms with Crippen molar-refractivity contribution in [3.8, 4) is 0 Å². The maximum absolute atomic E-state index is 13.0. The molecule has 9 N–H and O–H groups in total. The van der Waals surface area contributed by atoms with Gasteiger partial charge >= 0.3 is 11.9 Å². The number of rotatable bonds is 12. The molecule has 0 aromatic carbocycles. The fourth-order valence-electron chi connectivity index (χ4n) is 3.22. The fraction of sp³-hybridized carbons (Fsp3) is 0.667. The van der Waals surface area contributed by atoms with Crippen LogP contribution in [0.5, 0.6) is 0 Å². The molecule has 14 heteroatoms. The van der Waals surface area contributed by atoms with E-state index >= 15 is 0 Å². The van der Waals surface area contributed by atoms with E-state index in [0.717, 1.165) is 4.90 Å². The molecule has 180 valence electrons. The van der Waals surface area contributed by atoms with E-state index in [1.807, 2.05) is 0 Å².